The standard InChI is InChI=1S/C20H20N3.C19H21N2.Ti/c1-14-9-8-10-15(2)19(14)23-16(3)18(13-21)20(22-4)17-11-6-5-7-12-17;1-14-9-8-10-15(2)19(14)21-16(3)13-18(20-4)17-11-6-5-7-12-17;/h5-12H,1-4H3;5-13H,1-4H3;/q2*-1;+2. The van der Waals surface area contributed by atoms with Crippen molar-refractivity contribution in [2.75, 3.05) is 14.1 Å². The van der Waals surface area contributed by atoms with Crippen LogP contribution in [0.25, 0.3) is 22.0 Å². The second-order valence-electron chi connectivity index (χ2n) is 10.5. The molecule has 226 valence electrons. The molecule has 0 atom stereocenters. The quantitative estimate of drug-likeness (QED) is 0.109. The summed E-state index contributed by atoms with van der Waals surface area (Å²) < 4.78 is 0. The number of nitrogens with zero attached hydrogens (tertiary/aromatic N) is 5. The van der Waals surface area contributed by atoms with Gasteiger partial charge in [-0.25, -0.2) is 0 Å². The van der Waals surface area contributed by atoms with Crippen LogP contribution >= 0.6 is 0 Å². The van der Waals surface area contributed by atoms with Crippen LogP contribution in [0.2, 0.25) is 0 Å². The maximum absolute atomic E-state index is 9.63. The summed E-state index contributed by atoms with van der Waals surface area (Å²) in [7, 11) is 3.51. The SMILES string of the molecule is C[N-]C(=C(C#N)C(C)=Nc1c(C)cccc1C)c1ccccc1.C[N-]C(=CC(C)=Nc1c(C)cccc1C)c1ccccc1.[Ti+2]. The van der Waals surface area contributed by atoms with Gasteiger partial charge in [-0.3, -0.25) is 9.98 Å². The number of hydrogen-bond acceptors (Lipinski definition) is 3. The second-order valence-corrected chi connectivity index (χ2v) is 10.5. The van der Waals surface area contributed by atoms with E-state index >= 15 is 0 Å². The van der Waals surface area contributed by atoms with Gasteiger partial charge in [0.2, 0.25) is 0 Å². The molecule has 0 aliphatic rings. The molecular weight excluding hydrogens is 586 g/mol. The summed E-state index contributed by atoms with van der Waals surface area (Å²) in [5.41, 5.74) is 12.3. The van der Waals surface area contributed by atoms with E-state index in [0.29, 0.717) is 17.0 Å². The normalized spacial score (nSPS) is 12.1. The minimum Gasteiger partial charge on any atom is -0.686 e. The summed E-state index contributed by atoms with van der Waals surface area (Å²) >= 11 is 0. The topological polar surface area (TPSA) is 76.7 Å². The Morgan fingerprint density at radius 2 is 1.07 bits per heavy atom. The van der Waals surface area contributed by atoms with Gasteiger partial charge in [0.25, 0.3) is 0 Å². The summed E-state index contributed by atoms with van der Waals surface area (Å²) in [6.07, 6.45) is 2.03. The molecule has 4 rings (SSSR count). The molecule has 0 aliphatic heterocycles. The number of benzene rings is 4. The summed E-state index contributed by atoms with van der Waals surface area (Å²) in [5, 5.41) is 18.3. The van der Waals surface area contributed by atoms with E-state index < -0.39 is 0 Å². The predicted octanol–water partition coefficient (Wildman–Crippen LogP) is 10.8. The van der Waals surface area contributed by atoms with Gasteiger partial charge in [0.05, 0.1) is 28.7 Å². The van der Waals surface area contributed by atoms with Crippen LogP contribution in [-0.4, -0.2) is 25.5 Å². The third-order valence-electron chi connectivity index (χ3n) is 7.08. The smallest absolute Gasteiger partial charge is 0.686 e. The van der Waals surface area contributed by atoms with Crippen molar-refractivity contribution in [3.63, 3.8) is 0 Å². The van der Waals surface area contributed by atoms with Crippen molar-refractivity contribution in [3.05, 3.63) is 153 Å². The third-order valence-corrected chi connectivity index (χ3v) is 7.08. The van der Waals surface area contributed by atoms with Crippen LogP contribution in [-0.2, 0) is 21.7 Å². The predicted molar refractivity (Wildman–Crippen MR) is 189 cm³/mol. The van der Waals surface area contributed by atoms with Crippen LogP contribution in [0, 0.1) is 39.0 Å². The van der Waals surface area contributed by atoms with Crippen LogP contribution in [0.3, 0.4) is 0 Å². The molecule has 0 amide bonds. The molecule has 0 aliphatic carbocycles. The van der Waals surface area contributed by atoms with Gasteiger partial charge in [0.1, 0.15) is 0 Å². The summed E-state index contributed by atoms with van der Waals surface area (Å²) in [6, 6.07) is 34.5. The first-order valence-electron chi connectivity index (χ1n) is 14.6. The molecule has 0 saturated heterocycles. The summed E-state index contributed by atoms with van der Waals surface area (Å²) in [5.74, 6) is 0. The van der Waals surface area contributed by atoms with Gasteiger partial charge in [-0.05, 0) is 74.9 Å². The van der Waals surface area contributed by atoms with Gasteiger partial charge in [0, 0.05) is 5.71 Å². The molecule has 5 nitrogen and oxygen atoms in total. The molecule has 4 aromatic rings. The Kier molecular flexibility index (Phi) is 15.0. The molecule has 0 saturated carbocycles. The van der Waals surface area contributed by atoms with Gasteiger partial charge in [-0.1, -0.05) is 103 Å². The number of allylic oxidation sites excluding steroid dienone is 2. The second kappa shape index (κ2) is 18.3. The largest absolute Gasteiger partial charge is 2.00 e. The molecule has 0 radical (unpaired) electrons. The van der Waals surface area contributed by atoms with Crippen molar-refractivity contribution < 1.29 is 21.7 Å². The zero-order chi connectivity index (χ0) is 32.1. The third kappa shape index (κ3) is 10.3. The fourth-order valence-corrected chi connectivity index (χ4v) is 4.77. The van der Waals surface area contributed by atoms with Crippen molar-refractivity contribution in [2.24, 2.45) is 9.98 Å². The van der Waals surface area contributed by atoms with Crippen LogP contribution < -0.4 is 0 Å². The fourth-order valence-electron chi connectivity index (χ4n) is 4.77. The Morgan fingerprint density at radius 3 is 1.49 bits per heavy atom. The molecule has 0 N–H and O–H groups in total. The fraction of sp³-hybridized carbons (Fsp3) is 0.205. The Balaban J connectivity index is 0.000000308. The molecule has 0 aromatic heterocycles. The van der Waals surface area contributed by atoms with Crippen LogP contribution in [0.5, 0.6) is 0 Å². The van der Waals surface area contributed by atoms with Crippen LogP contribution in [0.4, 0.5) is 11.4 Å². The van der Waals surface area contributed by atoms with E-state index in [9.17, 15) is 5.26 Å². The van der Waals surface area contributed by atoms with E-state index in [1.54, 1.807) is 7.05 Å². The average Bonchev–Trinajstić information content (AvgIpc) is 3.03. The Bertz CT molecular complexity index is 1690. The first kappa shape index (κ1) is 36.7. The van der Waals surface area contributed by atoms with Crippen molar-refractivity contribution in [2.45, 2.75) is 41.5 Å². The van der Waals surface area contributed by atoms with Crippen molar-refractivity contribution >= 4 is 34.2 Å². The Labute approximate surface area is 284 Å². The first-order chi connectivity index (χ1) is 21.2. The number of aryl methyl sites for hydroxylation is 4. The van der Waals surface area contributed by atoms with Crippen LogP contribution in [0.15, 0.2) is 119 Å². The van der Waals surface area contributed by atoms with Gasteiger partial charge in [-0.15, -0.1) is 25.5 Å². The minimum atomic E-state index is 0. The Morgan fingerprint density at radius 1 is 0.622 bits per heavy atom. The monoisotopic (exact) mass is 627 g/mol. The zero-order valence-corrected chi connectivity index (χ0v) is 29.1. The molecule has 4 aromatic carbocycles. The molecule has 0 bridgehead atoms. The number of aliphatic imine (C=N–C) groups is 2. The zero-order valence-electron chi connectivity index (χ0n) is 27.6. The van der Waals surface area contributed by atoms with Crippen molar-refractivity contribution in [1.82, 2.24) is 0 Å². The first-order valence-corrected chi connectivity index (χ1v) is 14.6. The minimum absolute atomic E-state index is 0. The Hall–Kier alpha value is -4.50. The van der Waals surface area contributed by atoms with Gasteiger partial charge in [-0.2, -0.15) is 5.26 Å². The molecule has 45 heavy (non-hydrogen) atoms. The van der Waals surface area contributed by atoms with Gasteiger partial charge >= 0.3 is 21.7 Å². The summed E-state index contributed by atoms with van der Waals surface area (Å²) in [4.78, 5) is 9.45. The van der Waals surface area contributed by atoms with Crippen molar-refractivity contribution in [1.29, 1.82) is 5.26 Å². The maximum atomic E-state index is 9.63. The van der Waals surface area contributed by atoms with E-state index in [-0.39, 0.29) is 21.7 Å². The molecule has 6 heteroatoms. The molecular formula is C39H41N5Ti. The summed E-state index contributed by atoms with van der Waals surface area (Å²) in [6.45, 7) is 12.1. The maximum Gasteiger partial charge on any atom is 2.00 e. The number of rotatable bonds is 8. The molecule has 0 fully saturated rings. The average molecular weight is 628 g/mol. The van der Waals surface area contributed by atoms with E-state index in [4.69, 9.17) is 9.98 Å². The number of para-hydroxylation sites is 2. The van der Waals surface area contributed by atoms with E-state index in [1.165, 1.54) is 11.1 Å². The van der Waals surface area contributed by atoms with Crippen LogP contribution in [0.1, 0.15) is 47.2 Å². The van der Waals surface area contributed by atoms with Gasteiger partial charge < -0.3 is 10.6 Å². The van der Waals surface area contributed by atoms with E-state index in [0.717, 1.165) is 45.0 Å². The molecule has 0 heterocycles. The van der Waals surface area contributed by atoms with Crippen molar-refractivity contribution in [3.8, 4) is 6.07 Å². The van der Waals surface area contributed by atoms with E-state index in [1.807, 2.05) is 108 Å². The number of hydrogen-bond donors (Lipinski definition) is 0. The molecule has 0 unspecified atom stereocenters. The van der Waals surface area contributed by atoms with E-state index in [2.05, 4.69) is 60.9 Å². The van der Waals surface area contributed by atoms with Gasteiger partial charge in [0.15, 0.2) is 0 Å². The molecule has 0 spiro atoms. The number of nitriles is 1.